The normalized spacial score (nSPS) is 11.2. The Morgan fingerprint density at radius 1 is 1.20 bits per heavy atom. The van der Waals surface area contributed by atoms with Gasteiger partial charge in [0.2, 0.25) is 10.0 Å². The van der Waals surface area contributed by atoms with Crippen molar-refractivity contribution in [1.82, 2.24) is 4.72 Å². The smallest absolute Gasteiger partial charge is 0.215 e. The van der Waals surface area contributed by atoms with Gasteiger partial charge >= 0.3 is 0 Å². The molecule has 4 nitrogen and oxygen atoms in total. The van der Waals surface area contributed by atoms with E-state index in [9.17, 15) is 8.42 Å². The lowest BCUT2D eigenvalue weighted by atomic mass is 10.2. The Labute approximate surface area is 125 Å². The summed E-state index contributed by atoms with van der Waals surface area (Å²) in [7, 11) is -3.29. The molecule has 0 aromatic heterocycles. The molecule has 0 aliphatic rings. The summed E-state index contributed by atoms with van der Waals surface area (Å²) in [6.45, 7) is 0.493. The fraction of sp³-hybridized carbons (Fsp3) is 0.500. The molecule has 6 heteroatoms. The maximum atomic E-state index is 11.9. The number of benzene rings is 1. The van der Waals surface area contributed by atoms with Gasteiger partial charge in [-0.25, -0.2) is 13.1 Å². The summed E-state index contributed by atoms with van der Waals surface area (Å²) in [6, 6.07) is 8.63. The molecule has 0 atom stereocenters. The van der Waals surface area contributed by atoms with Crippen LogP contribution < -0.4 is 4.72 Å². The van der Waals surface area contributed by atoms with Crippen molar-refractivity contribution >= 4 is 21.8 Å². The summed E-state index contributed by atoms with van der Waals surface area (Å²) in [6.07, 6.45) is 5.10. The Bertz CT molecular complexity index is 533. The molecular formula is C14H20N2O2S2. The van der Waals surface area contributed by atoms with Gasteiger partial charge in [-0.1, -0.05) is 18.6 Å². The molecule has 0 bridgehead atoms. The predicted molar refractivity (Wildman–Crippen MR) is 84.0 cm³/mol. The number of nitrogens with zero attached hydrogens (tertiary/aromatic N) is 1. The molecule has 110 valence electrons. The minimum atomic E-state index is -3.29. The van der Waals surface area contributed by atoms with Crippen LogP contribution in [0.3, 0.4) is 0 Å². The van der Waals surface area contributed by atoms with E-state index >= 15 is 0 Å². The number of thioether (sulfide) groups is 1. The Hall–Kier alpha value is -1.03. The maximum Gasteiger partial charge on any atom is 0.215 e. The standard InChI is InChI=1S/C14H20N2O2S2/c1-19-10-4-2-3-9-16-20(17,18)12-14-7-5-13(11-15)6-8-14/h5-8,16H,2-4,9-10,12H2,1H3. The summed E-state index contributed by atoms with van der Waals surface area (Å²) in [4.78, 5) is 0. The van der Waals surface area contributed by atoms with Crippen molar-refractivity contribution in [3.63, 3.8) is 0 Å². The Balaban J connectivity index is 2.35. The summed E-state index contributed by atoms with van der Waals surface area (Å²) < 4.78 is 26.3. The van der Waals surface area contributed by atoms with E-state index in [4.69, 9.17) is 5.26 Å². The van der Waals surface area contributed by atoms with Gasteiger partial charge in [-0.2, -0.15) is 17.0 Å². The highest BCUT2D eigenvalue weighted by Gasteiger charge is 2.10. The van der Waals surface area contributed by atoms with Crippen molar-refractivity contribution in [3.05, 3.63) is 35.4 Å². The molecule has 0 saturated heterocycles. The van der Waals surface area contributed by atoms with E-state index in [0.717, 1.165) is 25.0 Å². The average molecular weight is 312 g/mol. The van der Waals surface area contributed by atoms with Crippen LogP contribution in [0.25, 0.3) is 0 Å². The number of hydrogen-bond acceptors (Lipinski definition) is 4. The first-order chi connectivity index (χ1) is 9.57. The van der Waals surface area contributed by atoms with E-state index in [0.29, 0.717) is 17.7 Å². The maximum absolute atomic E-state index is 11.9. The zero-order valence-corrected chi connectivity index (χ0v) is 13.3. The molecule has 0 amide bonds. The van der Waals surface area contributed by atoms with E-state index in [1.54, 1.807) is 24.3 Å². The lowest BCUT2D eigenvalue weighted by molar-refractivity contribution is 0.575. The van der Waals surface area contributed by atoms with Gasteiger partial charge < -0.3 is 0 Å². The zero-order valence-electron chi connectivity index (χ0n) is 11.6. The van der Waals surface area contributed by atoms with Gasteiger partial charge in [0.1, 0.15) is 0 Å². The van der Waals surface area contributed by atoms with Crippen LogP contribution in [0.15, 0.2) is 24.3 Å². The molecule has 0 spiro atoms. The van der Waals surface area contributed by atoms with Crippen LogP contribution in [-0.4, -0.2) is 27.0 Å². The quantitative estimate of drug-likeness (QED) is 0.711. The topological polar surface area (TPSA) is 70.0 Å². The first kappa shape index (κ1) is 17.0. The molecule has 20 heavy (non-hydrogen) atoms. The predicted octanol–water partition coefficient (Wildman–Crippen LogP) is 2.51. The lowest BCUT2D eigenvalue weighted by Gasteiger charge is -2.06. The molecule has 1 aromatic carbocycles. The van der Waals surface area contributed by atoms with Crippen molar-refractivity contribution in [2.24, 2.45) is 0 Å². The average Bonchev–Trinajstić information content (AvgIpc) is 2.43. The second-order valence-electron chi connectivity index (χ2n) is 4.52. The third-order valence-electron chi connectivity index (χ3n) is 2.79. The van der Waals surface area contributed by atoms with Crippen molar-refractivity contribution in [2.75, 3.05) is 18.6 Å². The van der Waals surface area contributed by atoms with Crippen LogP contribution >= 0.6 is 11.8 Å². The minimum absolute atomic E-state index is 0.0382. The van der Waals surface area contributed by atoms with Crippen LogP contribution in [0.4, 0.5) is 0 Å². The van der Waals surface area contributed by atoms with Gasteiger partial charge in [-0.15, -0.1) is 0 Å². The number of nitrogens with one attached hydrogen (secondary N) is 1. The second kappa shape index (κ2) is 9.01. The molecule has 0 aliphatic heterocycles. The zero-order chi connectivity index (χ0) is 14.8. The van der Waals surface area contributed by atoms with E-state index in [-0.39, 0.29) is 5.75 Å². The number of unbranched alkanes of at least 4 members (excludes halogenated alkanes) is 2. The van der Waals surface area contributed by atoms with Crippen LogP contribution in [0, 0.1) is 11.3 Å². The highest BCUT2D eigenvalue weighted by atomic mass is 32.2. The second-order valence-corrected chi connectivity index (χ2v) is 7.31. The number of rotatable bonds is 9. The van der Waals surface area contributed by atoms with E-state index < -0.39 is 10.0 Å². The van der Waals surface area contributed by atoms with Crippen molar-refractivity contribution in [2.45, 2.75) is 25.0 Å². The van der Waals surface area contributed by atoms with Gasteiger partial charge in [0.15, 0.2) is 0 Å². The Morgan fingerprint density at radius 3 is 2.50 bits per heavy atom. The van der Waals surface area contributed by atoms with Gasteiger partial charge in [-0.05, 0) is 42.5 Å². The molecule has 0 unspecified atom stereocenters. The fourth-order valence-corrected chi connectivity index (χ4v) is 3.40. The monoisotopic (exact) mass is 312 g/mol. The van der Waals surface area contributed by atoms with Gasteiger partial charge in [0.05, 0.1) is 17.4 Å². The Morgan fingerprint density at radius 2 is 1.90 bits per heavy atom. The van der Waals surface area contributed by atoms with Crippen LogP contribution in [0.1, 0.15) is 30.4 Å². The van der Waals surface area contributed by atoms with E-state index in [1.165, 1.54) is 0 Å². The summed E-state index contributed by atoms with van der Waals surface area (Å²) >= 11 is 1.81. The first-order valence-electron chi connectivity index (χ1n) is 6.53. The number of hydrogen-bond donors (Lipinski definition) is 1. The van der Waals surface area contributed by atoms with Crippen LogP contribution in [-0.2, 0) is 15.8 Å². The van der Waals surface area contributed by atoms with Gasteiger partial charge in [0, 0.05) is 6.54 Å². The minimum Gasteiger partial charge on any atom is -0.215 e. The van der Waals surface area contributed by atoms with Crippen molar-refractivity contribution < 1.29 is 8.42 Å². The molecule has 0 saturated carbocycles. The third-order valence-corrected chi connectivity index (χ3v) is 4.84. The lowest BCUT2D eigenvalue weighted by Crippen LogP contribution is -2.26. The SMILES string of the molecule is CSCCCCCNS(=O)(=O)Cc1ccc(C#N)cc1. The van der Waals surface area contributed by atoms with Crippen LogP contribution in [0.5, 0.6) is 0 Å². The van der Waals surface area contributed by atoms with E-state index in [2.05, 4.69) is 11.0 Å². The molecule has 0 aliphatic carbocycles. The third kappa shape index (κ3) is 6.94. The summed E-state index contributed by atoms with van der Waals surface area (Å²) in [5.41, 5.74) is 1.23. The fourth-order valence-electron chi connectivity index (χ4n) is 1.72. The highest BCUT2D eigenvalue weighted by Crippen LogP contribution is 2.07. The van der Waals surface area contributed by atoms with Crippen molar-refractivity contribution in [1.29, 1.82) is 5.26 Å². The number of nitriles is 1. The van der Waals surface area contributed by atoms with Crippen molar-refractivity contribution in [3.8, 4) is 6.07 Å². The molecule has 0 heterocycles. The number of sulfonamides is 1. The van der Waals surface area contributed by atoms with Crippen LogP contribution in [0.2, 0.25) is 0 Å². The molecule has 0 radical (unpaired) electrons. The molecule has 0 fully saturated rings. The Kier molecular flexibility index (Phi) is 7.67. The summed E-state index contributed by atoms with van der Waals surface area (Å²) in [5.74, 6) is 1.08. The van der Waals surface area contributed by atoms with Gasteiger partial charge in [-0.3, -0.25) is 0 Å². The molecular weight excluding hydrogens is 292 g/mol. The van der Waals surface area contributed by atoms with Gasteiger partial charge in [0.25, 0.3) is 0 Å². The molecule has 1 aromatic rings. The molecule has 1 rings (SSSR count). The largest absolute Gasteiger partial charge is 0.215 e. The summed E-state index contributed by atoms with van der Waals surface area (Å²) in [5, 5.41) is 8.68. The molecule has 1 N–H and O–H groups in total. The first-order valence-corrected chi connectivity index (χ1v) is 9.57. The highest BCUT2D eigenvalue weighted by molar-refractivity contribution is 7.98. The van der Waals surface area contributed by atoms with E-state index in [1.807, 2.05) is 17.8 Å².